The summed E-state index contributed by atoms with van der Waals surface area (Å²) in [4.78, 5) is 14.3. The van der Waals surface area contributed by atoms with E-state index in [1.807, 2.05) is 0 Å². The lowest BCUT2D eigenvalue weighted by molar-refractivity contribution is -0.127. The highest BCUT2D eigenvalue weighted by Crippen LogP contribution is 2.41. The van der Waals surface area contributed by atoms with E-state index >= 15 is 0 Å². The molecule has 1 saturated carbocycles. The predicted molar refractivity (Wildman–Crippen MR) is 78.4 cm³/mol. The second-order valence-electron chi connectivity index (χ2n) is 6.09. The van der Waals surface area contributed by atoms with Crippen molar-refractivity contribution in [3.05, 3.63) is 35.9 Å². The highest BCUT2D eigenvalue weighted by atomic mass is 16.2. The third-order valence-electron chi connectivity index (χ3n) is 4.67. The van der Waals surface area contributed by atoms with Gasteiger partial charge in [0.1, 0.15) is 0 Å². The largest absolute Gasteiger partial charge is 0.296 e. The number of benzene rings is 1. The van der Waals surface area contributed by atoms with Gasteiger partial charge in [0.25, 0.3) is 0 Å². The molecule has 0 radical (unpaired) electrons. The van der Waals surface area contributed by atoms with E-state index in [9.17, 15) is 4.79 Å². The lowest BCUT2D eigenvalue weighted by atomic mass is 9.87. The molecular weight excluding hydrogens is 250 g/mol. The van der Waals surface area contributed by atoms with Gasteiger partial charge in [-0.25, -0.2) is 5.84 Å². The molecule has 1 aliphatic heterocycles. The quantitative estimate of drug-likeness (QED) is 0.498. The smallest absolute Gasteiger partial charge is 0.237 e. The van der Waals surface area contributed by atoms with Crippen LogP contribution in [0.15, 0.2) is 30.3 Å². The Hall–Kier alpha value is -1.39. The summed E-state index contributed by atoms with van der Waals surface area (Å²) in [7, 11) is 0. The van der Waals surface area contributed by atoms with Crippen LogP contribution in [-0.4, -0.2) is 23.4 Å². The number of nitrogens with one attached hydrogen (secondary N) is 1. The zero-order valence-corrected chi connectivity index (χ0v) is 11.8. The summed E-state index contributed by atoms with van der Waals surface area (Å²) in [6.07, 6.45) is 4.50. The van der Waals surface area contributed by atoms with Gasteiger partial charge in [-0.3, -0.25) is 15.1 Å². The highest BCUT2D eigenvalue weighted by molar-refractivity contribution is 5.78. The Bertz CT molecular complexity index is 458. The lowest BCUT2D eigenvalue weighted by Crippen LogP contribution is -2.48. The van der Waals surface area contributed by atoms with Crippen LogP contribution >= 0.6 is 0 Å². The maximum atomic E-state index is 11.8. The monoisotopic (exact) mass is 273 g/mol. The minimum absolute atomic E-state index is 0.00927. The van der Waals surface area contributed by atoms with Gasteiger partial charge in [0.15, 0.2) is 0 Å². The van der Waals surface area contributed by atoms with Gasteiger partial charge in [0.05, 0.1) is 0 Å². The van der Waals surface area contributed by atoms with Crippen molar-refractivity contribution in [2.75, 3.05) is 6.54 Å². The highest BCUT2D eigenvalue weighted by Gasteiger charge is 2.40. The molecule has 2 atom stereocenters. The third kappa shape index (κ3) is 3.02. The van der Waals surface area contributed by atoms with Crippen molar-refractivity contribution in [3.63, 3.8) is 0 Å². The van der Waals surface area contributed by atoms with Gasteiger partial charge in [-0.2, -0.15) is 0 Å². The number of nitrogens with zero attached hydrogens (tertiary/aromatic N) is 1. The number of piperidine rings is 1. The van der Waals surface area contributed by atoms with Crippen molar-refractivity contribution in [3.8, 4) is 0 Å². The summed E-state index contributed by atoms with van der Waals surface area (Å²) < 4.78 is 0. The molecule has 108 valence electrons. The first kappa shape index (κ1) is 13.6. The Kier molecular flexibility index (Phi) is 4.03. The zero-order chi connectivity index (χ0) is 13.9. The topological polar surface area (TPSA) is 58.4 Å². The SMILES string of the molecule is NNC(=O)[C@H]1CCN(Cc2ccccc2)[C@@H](C2CC2)C1. The van der Waals surface area contributed by atoms with E-state index in [0.29, 0.717) is 6.04 Å². The summed E-state index contributed by atoms with van der Waals surface area (Å²) in [6.45, 7) is 1.99. The van der Waals surface area contributed by atoms with E-state index in [-0.39, 0.29) is 11.8 Å². The molecule has 1 aromatic carbocycles. The molecule has 20 heavy (non-hydrogen) atoms. The van der Waals surface area contributed by atoms with E-state index in [1.54, 1.807) is 0 Å². The number of carbonyl (C=O) groups is 1. The molecule has 0 bridgehead atoms. The number of carbonyl (C=O) groups excluding carboxylic acids is 1. The molecule has 3 rings (SSSR count). The fraction of sp³-hybridized carbons (Fsp3) is 0.562. The van der Waals surface area contributed by atoms with Crippen LogP contribution in [0.5, 0.6) is 0 Å². The lowest BCUT2D eigenvalue weighted by Gasteiger charge is -2.39. The number of nitrogens with two attached hydrogens (primary N) is 1. The van der Waals surface area contributed by atoms with Gasteiger partial charge in [-0.15, -0.1) is 0 Å². The van der Waals surface area contributed by atoms with Crippen molar-refractivity contribution in [1.82, 2.24) is 10.3 Å². The fourth-order valence-electron chi connectivity index (χ4n) is 3.39. The minimum Gasteiger partial charge on any atom is -0.296 e. The minimum atomic E-state index is 0.00927. The summed E-state index contributed by atoms with van der Waals surface area (Å²) in [5.41, 5.74) is 3.68. The number of rotatable bonds is 4. The molecule has 3 N–H and O–H groups in total. The van der Waals surface area contributed by atoms with Crippen LogP contribution in [0.4, 0.5) is 0 Å². The zero-order valence-electron chi connectivity index (χ0n) is 11.8. The first-order chi connectivity index (χ1) is 9.78. The average Bonchev–Trinajstić information content (AvgIpc) is 3.32. The van der Waals surface area contributed by atoms with Gasteiger partial charge in [0.2, 0.25) is 5.91 Å². The number of likely N-dealkylation sites (tertiary alicyclic amines) is 1. The first-order valence-corrected chi connectivity index (χ1v) is 7.56. The fourth-order valence-corrected chi connectivity index (χ4v) is 3.39. The molecule has 4 heteroatoms. The summed E-state index contributed by atoms with van der Waals surface area (Å²) in [5, 5.41) is 0. The Labute approximate surface area is 120 Å². The standard InChI is InChI=1S/C16H23N3O/c17-18-16(20)14-8-9-19(15(10-14)13-6-7-13)11-12-4-2-1-3-5-12/h1-5,13-15H,6-11,17H2,(H,18,20)/t14-,15+/m0/s1. The van der Waals surface area contributed by atoms with Crippen LogP contribution in [0.3, 0.4) is 0 Å². The van der Waals surface area contributed by atoms with Crippen LogP contribution in [0.25, 0.3) is 0 Å². The maximum absolute atomic E-state index is 11.8. The summed E-state index contributed by atoms with van der Waals surface area (Å²) >= 11 is 0. The number of amides is 1. The molecule has 1 amide bonds. The Morgan fingerprint density at radius 1 is 1.25 bits per heavy atom. The molecule has 4 nitrogen and oxygen atoms in total. The molecule has 0 spiro atoms. The normalized spacial score (nSPS) is 27.2. The third-order valence-corrected chi connectivity index (χ3v) is 4.67. The van der Waals surface area contributed by atoms with Gasteiger partial charge >= 0.3 is 0 Å². The van der Waals surface area contributed by atoms with Crippen LogP contribution in [-0.2, 0) is 11.3 Å². The van der Waals surface area contributed by atoms with E-state index in [2.05, 4.69) is 40.7 Å². The van der Waals surface area contributed by atoms with Gasteiger partial charge in [-0.05, 0) is 43.7 Å². The molecule has 1 aliphatic carbocycles. The second kappa shape index (κ2) is 5.94. The van der Waals surface area contributed by atoms with Crippen LogP contribution in [0.2, 0.25) is 0 Å². The number of hydrazine groups is 1. The van der Waals surface area contributed by atoms with E-state index < -0.39 is 0 Å². The van der Waals surface area contributed by atoms with Gasteiger partial charge < -0.3 is 0 Å². The van der Waals surface area contributed by atoms with E-state index in [4.69, 9.17) is 5.84 Å². The van der Waals surface area contributed by atoms with Crippen molar-refractivity contribution in [1.29, 1.82) is 0 Å². The van der Waals surface area contributed by atoms with E-state index in [1.165, 1.54) is 18.4 Å². The molecule has 1 heterocycles. The van der Waals surface area contributed by atoms with Crippen molar-refractivity contribution >= 4 is 5.91 Å². The first-order valence-electron chi connectivity index (χ1n) is 7.56. The van der Waals surface area contributed by atoms with Crippen LogP contribution in [0.1, 0.15) is 31.2 Å². The van der Waals surface area contributed by atoms with Crippen molar-refractivity contribution in [2.45, 2.75) is 38.3 Å². The molecular formula is C16H23N3O. The van der Waals surface area contributed by atoms with Crippen molar-refractivity contribution in [2.24, 2.45) is 17.7 Å². The molecule has 2 aliphatic rings. The maximum Gasteiger partial charge on any atom is 0.237 e. The van der Waals surface area contributed by atoms with E-state index in [0.717, 1.165) is 31.8 Å². The number of hydrogen-bond acceptors (Lipinski definition) is 3. The molecule has 0 aromatic heterocycles. The second-order valence-corrected chi connectivity index (χ2v) is 6.09. The Morgan fingerprint density at radius 2 is 2.00 bits per heavy atom. The molecule has 1 saturated heterocycles. The molecule has 0 unspecified atom stereocenters. The van der Waals surface area contributed by atoms with Gasteiger partial charge in [0, 0.05) is 18.5 Å². The number of hydrogen-bond donors (Lipinski definition) is 2. The summed E-state index contributed by atoms with van der Waals surface area (Å²) in [5.74, 6) is 6.17. The Morgan fingerprint density at radius 3 is 2.65 bits per heavy atom. The van der Waals surface area contributed by atoms with Crippen LogP contribution in [0, 0.1) is 11.8 Å². The Balaban J connectivity index is 1.67. The van der Waals surface area contributed by atoms with Crippen molar-refractivity contribution < 1.29 is 4.79 Å². The molecule has 1 aromatic rings. The summed E-state index contributed by atoms with van der Waals surface area (Å²) in [6, 6.07) is 11.2. The van der Waals surface area contributed by atoms with Crippen LogP contribution < -0.4 is 11.3 Å². The average molecular weight is 273 g/mol. The predicted octanol–water partition coefficient (Wildman–Crippen LogP) is 1.67. The molecule has 2 fully saturated rings. The van der Waals surface area contributed by atoms with Gasteiger partial charge in [-0.1, -0.05) is 30.3 Å².